The molecule has 1 saturated carbocycles. The Balaban J connectivity index is 1.57. The maximum absolute atomic E-state index is 12.4. The number of aromatic nitrogens is 3. The smallest absolute Gasteiger partial charge is 0.251 e. The first-order valence-electron chi connectivity index (χ1n) is 10.3. The van der Waals surface area contributed by atoms with Crippen molar-refractivity contribution in [3.63, 3.8) is 0 Å². The molecule has 1 atom stereocenters. The van der Waals surface area contributed by atoms with E-state index in [1.807, 2.05) is 36.6 Å². The van der Waals surface area contributed by atoms with Gasteiger partial charge in [0.2, 0.25) is 5.91 Å². The maximum Gasteiger partial charge on any atom is 0.251 e. The minimum Gasteiger partial charge on any atom is -0.353 e. The highest BCUT2D eigenvalue weighted by Gasteiger charge is 2.21. The zero-order chi connectivity index (χ0) is 20.6. The molecule has 3 rings (SSSR count). The molecule has 1 heterocycles. The first-order chi connectivity index (χ1) is 14.1. The molecule has 7 nitrogen and oxygen atoms in total. The topological polar surface area (TPSA) is 88.9 Å². The molecule has 0 saturated heterocycles. The monoisotopic (exact) mass is 415 g/mol. The Morgan fingerprint density at radius 3 is 2.59 bits per heavy atom. The lowest BCUT2D eigenvalue weighted by atomic mass is 9.95. The number of benzene rings is 1. The molecular formula is C21H29N5O2S. The van der Waals surface area contributed by atoms with E-state index in [0.29, 0.717) is 34.9 Å². The number of rotatable bonds is 8. The Morgan fingerprint density at radius 2 is 1.90 bits per heavy atom. The molecule has 0 spiro atoms. The van der Waals surface area contributed by atoms with Gasteiger partial charge in [0, 0.05) is 18.2 Å². The van der Waals surface area contributed by atoms with Gasteiger partial charge in [-0.2, -0.15) is 0 Å². The van der Waals surface area contributed by atoms with Crippen molar-refractivity contribution in [2.24, 2.45) is 0 Å². The van der Waals surface area contributed by atoms with E-state index in [9.17, 15) is 9.59 Å². The van der Waals surface area contributed by atoms with Crippen LogP contribution in [-0.2, 0) is 11.3 Å². The standard InChI is InChI=1S/C21H29N5O2S/c1-3-26-19(15(2)22-20(28)16-10-6-4-7-11-16)24-25-21(26)29-14-18(27)23-17-12-8-5-9-13-17/h4,6-7,10-11,15,17H,3,5,8-9,12-14H2,1-2H3,(H,22,28)(H,23,27)/t15-/m0/s1. The average molecular weight is 416 g/mol. The molecule has 1 aromatic heterocycles. The van der Waals surface area contributed by atoms with Crippen LogP contribution in [0.3, 0.4) is 0 Å². The Hall–Kier alpha value is -2.35. The van der Waals surface area contributed by atoms with Crippen LogP contribution in [-0.4, -0.2) is 38.4 Å². The normalized spacial score (nSPS) is 15.7. The van der Waals surface area contributed by atoms with E-state index in [-0.39, 0.29) is 17.9 Å². The molecule has 0 radical (unpaired) electrons. The molecular weight excluding hydrogens is 386 g/mol. The Labute approximate surface area is 176 Å². The van der Waals surface area contributed by atoms with Gasteiger partial charge < -0.3 is 15.2 Å². The summed E-state index contributed by atoms with van der Waals surface area (Å²) in [7, 11) is 0. The summed E-state index contributed by atoms with van der Waals surface area (Å²) in [5, 5.41) is 15.3. The molecule has 2 aromatic rings. The van der Waals surface area contributed by atoms with Crippen molar-refractivity contribution in [2.75, 3.05) is 5.75 Å². The van der Waals surface area contributed by atoms with Gasteiger partial charge in [-0.15, -0.1) is 10.2 Å². The Bertz CT molecular complexity index is 818. The second-order valence-electron chi connectivity index (χ2n) is 7.34. The van der Waals surface area contributed by atoms with Crippen LogP contribution in [0.1, 0.15) is 68.2 Å². The highest BCUT2D eigenvalue weighted by molar-refractivity contribution is 7.99. The van der Waals surface area contributed by atoms with Gasteiger partial charge in [0.05, 0.1) is 11.8 Å². The van der Waals surface area contributed by atoms with Gasteiger partial charge in [-0.05, 0) is 38.8 Å². The largest absolute Gasteiger partial charge is 0.353 e. The fraction of sp³-hybridized carbons (Fsp3) is 0.524. The molecule has 1 aliphatic rings. The van der Waals surface area contributed by atoms with Crippen molar-refractivity contribution in [3.8, 4) is 0 Å². The SMILES string of the molecule is CCn1c(SCC(=O)NC2CCCCC2)nnc1[C@H](C)NC(=O)c1ccccc1. The number of carbonyl (C=O) groups is 2. The summed E-state index contributed by atoms with van der Waals surface area (Å²) < 4.78 is 1.95. The van der Waals surface area contributed by atoms with Gasteiger partial charge in [-0.1, -0.05) is 49.2 Å². The minimum atomic E-state index is -0.291. The number of amides is 2. The predicted molar refractivity (Wildman–Crippen MR) is 114 cm³/mol. The molecule has 0 unspecified atom stereocenters. The van der Waals surface area contributed by atoms with E-state index in [2.05, 4.69) is 20.8 Å². The third kappa shape index (κ3) is 5.82. The summed E-state index contributed by atoms with van der Waals surface area (Å²) in [6.45, 7) is 4.56. The molecule has 156 valence electrons. The summed E-state index contributed by atoms with van der Waals surface area (Å²) in [6, 6.07) is 9.12. The molecule has 2 N–H and O–H groups in total. The first-order valence-corrected chi connectivity index (χ1v) is 11.3. The van der Waals surface area contributed by atoms with Crippen LogP contribution in [0.15, 0.2) is 35.5 Å². The van der Waals surface area contributed by atoms with E-state index in [0.717, 1.165) is 12.8 Å². The van der Waals surface area contributed by atoms with E-state index < -0.39 is 0 Å². The highest BCUT2D eigenvalue weighted by atomic mass is 32.2. The quantitative estimate of drug-likeness (QED) is 0.646. The molecule has 2 amide bonds. The maximum atomic E-state index is 12.4. The van der Waals surface area contributed by atoms with Crippen LogP contribution in [0.25, 0.3) is 0 Å². The number of nitrogens with zero attached hydrogens (tertiary/aromatic N) is 3. The fourth-order valence-corrected chi connectivity index (χ4v) is 4.43. The van der Waals surface area contributed by atoms with Crippen LogP contribution < -0.4 is 10.6 Å². The predicted octanol–water partition coefficient (Wildman–Crippen LogP) is 3.33. The lowest BCUT2D eigenvalue weighted by Gasteiger charge is -2.22. The van der Waals surface area contributed by atoms with Gasteiger partial charge in [-0.3, -0.25) is 9.59 Å². The second kappa shape index (κ2) is 10.4. The summed E-state index contributed by atoms with van der Waals surface area (Å²) in [6.07, 6.45) is 5.80. The zero-order valence-corrected chi connectivity index (χ0v) is 17.9. The number of carbonyl (C=O) groups excluding carboxylic acids is 2. The Kier molecular flexibility index (Phi) is 7.69. The number of hydrogen-bond donors (Lipinski definition) is 2. The summed E-state index contributed by atoms with van der Waals surface area (Å²) in [5.74, 6) is 0.899. The molecule has 0 aliphatic heterocycles. The minimum absolute atomic E-state index is 0.0412. The molecule has 29 heavy (non-hydrogen) atoms. The van der Waals surface area contributed by atoms with Gasteiger partial charge in [0.15, 0.2) is 11.0 Å². The zero-order valence-electron chi connectivity index (χ0n) is 17.1. The average Bonchev–Trinajstić information content (AvgIpc) is 3.16. The van der Waals surface area contributed by atoms with Crippen molar-refractivity contribution >= 4 is 23.6 Å². The Morgan fingerprint density at radius 1 is 1.17 bits per heavy atom. The van der Waals surface area contributed by atoms with E-state index in [1.165, 1.54) is 31.0 Å². The highest BCUT2D eigenvalue weighted by Crippen LogP contribution is 2.22. The van der Waals surface area contributed by atoms with E-state index in [1.54, 1.807) is 12.1 Å². The number of hydrogen-bond acceptors (Lipinski definition) is 5. The van der Waals surface area contributed by atoms with Crippen molar-refractivity contribution in [2.45, 2.75) is 69.7 Å². The number of nitrogens with one attached hydrogen (secondary N) is 2. The lowest BCUT2D eigenvalue weighted by molar-refractivity contribution is -0.119. The van der Waals surface area contributed by atoms with Crippen LogP contribution in [0, 0.1) is 0 Å². The van der Waals surface area contributed by atoms with Crippen LogP contribution >= 0.6 is 11.8 Å². The molecule has 0 bridgehead atoms. The number of thioether (sulfide) groups is 1. The fourth-order valence-electron chi connectivity index (χ4n) is 3.60. The molecule has 1 aliphatic carbocycles. The summed E-state index contributed by atoms with van der Waals surface area (Å²) in [4.78, 5) is 24.7. The molecule has 1 fully saturated rings. The van der Waals surface area contributed by atoms with E-state index in [4.69, 9.17) is 0 Å². The van der Waals surface area contributed by atoms with Crippen molar-refractivity contribution < 1.29 is 9.59 Å². The first kappa shape index (κ1) is 21.4. The van der Waals surface area contributed by atoms with Gasteiger partial charge >= 0.3 is 0 Å². The van der Waals surface area contributed by atoms with Crippen molar-refractivity contribution in [1.29, 1.82) is 0 Å². The van der Waals surface area contributed by atoms with Crippen molar-refractivity contribution in [3.05, 3.63) is 41.7 Å². The van der Waals surface area contributed by atoms with Crippen LogP contribution in [0.5, 0.6) is 0 Å². The van der Waals surface area contributed by atoms with Crippen LogP contribution in [0.4, 0.5) is 0 Å². The summed E-state index contributed by atoms with van der Waals surface area (Å²) >= 11 is 1.39. The van der Waals surface area contributed by atoms with Crippen LogP contribution in [0.2, 0.25) is 0 Å². The van der Waals surface area contributed by atoms with Crippen molar-refractivity contribution in [1.82, 2.24) is 25.4 Å². The summed E-state index contributed by atoms with van der Waals surface area (Å²) in [5.41, 5.74) is 0.607. The van der Waals surface area contributed by atoms with Gasteiger partial charge in [0.25, 0.3) is 5.91 Å². The van der Waals surface area contributed by atoms with E-state index >= 15 is 0 Å². The lowest BCUT2D eigenvalue weighted by Crippen LogP contribution is -2.37. The third-order valence-corrected chi connectivity index (χ3v) is 6.10. The van der Waals surface area contributed by atoms with Gasteiger partial charge in [-0.25, -0.2) is 0 Å². The molecule has 1 aromatic carbocycles. The van der Waals surface area contributed by atoms with Gasteiger partial charge in [0.1, 0.15) is 0 Å². The molecule has 8 heteroatoms. The third-order valence-electron chi connectivity index (χ3n) is 5.14. The second-order valence-corrected chi connectivity index (χ2v) is 8.28.